The Morgan fingerprint density at radius 2 is 1.77 bits per heavy atom. The van der Waals surface area contributed by atoms with Gasteiger partial charge in [-0.25, -0.2) is 4.57 Å². The zero-order chi connectivity index (χ0) is 19.2. The predicted molar refractivity (Wildman–Crippen MR) is 98.4 cm³/mol. The zero-order valence-corrected chi connectivity index (χ0v) is 16.2. The van der Waals surface area contributed by atoms with Gasteiger partial charge in [0.05, 0.1) is 17.3 Å². The van der Waals surface area contributed by atoms with Crippen LogP contribution in [0.1, 0.15) is 20.8 Å². The molecule has 0 aliphatic carbocycles. The first kappa shape index (κ1) is 20.2. The summed E-state index contributed by atoms with van der Waals surface area (Å²) in [6.07, 6.45) is 2.44. The lowest BCUT2D eigenvalue weighted by Gasteiger charge is -2.23. The van der Waals surface area contributed by atoms with E-state index in [1.54, 1.807) is 44.2 Å². The van der Waals surface area contributed by atoms with Crippen molar-refractivity contribution in [3.8, 4) is 11.5 Å². The number of rotatable bonds is 8. The number of halogens is 1. The number of benzene rings is 1. The van der Waals surface area contributed by atoms with E-state index >= 15 is 0 Å². The number of carbonyl (C=O) groups is 1. The third kappa shape index (κ3) is 6.33. The summed E-state index contributed by atoms with van der Waals surface area (Å²) in [5.74, 6) is -0.138. The summed E-state index contributed by atoms with van der Waals surface area (Å²) >= 11 is 5.88. The molecule has 140 valence electrons. The van der Waals surface area contributed by atoms with Crippen molar-refractivity contribution in [3.63, 3.8) is 0 Å². The Labute approximate surface area is 157 Å². The van der Waals surface area contributed by atoms with E-state index in [4.69, 9.17) is 25.4 Å². The normalized spacial score (nSPS) is 14.3. The van der Waals surface area contributed by atoms with Crippen molar-refractivity contribution in [1.82, 2.24) is 10.1 Å². The van der Waals surface area contributed by atoms with Gasteiger partial charge in [0.25, 0.3) is 0 Å². The standard InChI is InChI=1S/C17H20ClN2O5P/c1-12(2)23-17(21)13(3)20-26(22,24-15-7-5-4-6-8-15)25-16-9-14(18)10-19-11-16/h4-13H,1-3H3,(H,20,22)/t13-,26+/m0/s1. The molecule has 0 unspecified atom stereocenters. The molecule has 0 saturated heterocycles. The fourth-order valence-electron chi connectivity index (χ4n) is 1.90. The second-order valence-electron chi connectivity index (χ2n) is 5.67. The van der Waals surface area contributed by atoms with Gasteiger partial charge in [-0.3, -0.25) is 9.78 Å². The van der Waals surface area contributed by atoms with Crippen molar-refractivity contribution < 1.29 is 23.1 Å². The van der Waals surface area contributed by atoms with Crippen molar-refractivity contribution >= 4 is 25.3 Å². The number of pyridine rings is 1. The molecule has 0 fully saturated rings. The van der Waals surface area contributed by atoms with Gasteiger partial charge in [0, 0.05) is 12.3 Å². The molecule has 0 amide bonds. The van der Waals surface area contributed by atoms with E-state index in [-0.39, 0.29) is 11.9 Å². The van der Waals surface area contributed by atoms with E-state index in [0.29, 0.717) is 10.8 Å². The molecule has 7 nitrogen and oxygen atoms in total. The fourth-order valence-corrected chi connectivity index (χ4v) is 3.56. The predicted octanol–water partition coefficient (Wildman–Crippen LogP) is 4.23. The second kappa shape index (κ2) is 9.03. The van der Waals surface area contributed by atoms with Crippen LogP contribution in [0.5, 0.6) is 11.5 Å². The lowest BCUT2D eigenvalue weighted by atomic mass is 10.3. The first-order valence-electron chi connectivity index (χ1n) is 7.90. The number of ether oxygens (including phenoxy) is 1. The van der Waals surface area contributed by atoms with E-state index in [0.717, 1.165) is 0 Å². The maximum Gasteiger partial charge on any atom is 0.513 e. The fraction of sp³-hybridized carbons (Fsp3) is 0.294. The van der Waals surface area contributed by atoms with E-state index < -0.39 is 19.8 Å². The van der Waals surface area contributed by atoms with E-state index in [1.807, 2.05) is 0 Å². The van der Waals surface area contributed by atoms with Gasteiger partial charge in [-0.05, 0) is 32.9 Å². The van der Waals surface area contributed by atoms with Gasteiger partial charge >= 0.3 is 13.7 Å². The van der Waals surface area contributed by atoms with Crippen LogP contribution in [-0.4, -0.2) is 23.1 Å². The summed E-state index contributed by atoms with van der Waals surface area (Å²) in [5.41, 5.74) is 0. The monoisotopic (exact) mass is 398 g/mol. The zero-order valence-electron chi connectivity index (χ0n) is 14.6. The van der Waals surface area contributed by atoms with Gasteiger partial charge < -0.3 is 13.8 Å². The topological polar surface area (TPSA) is 86.8 Å². The maximum atomic E-state index is 13.2. The van der Waals surface area contributed by atoms with Crippen LogP contribution in [0.2, 0.25) is 5.02 Å². The molecule has 1 aromatic carbocycles. The molecule has 2 atom stereocenters. The van der Waals surface area contributed by atoms with Crippen LogP contribution in [0, 0.1) is 0 Å². The minimum absolute atomic E-state index is 0.133. The number of nitrogens with zero attached hydrogens (tertiary/aromatic N) is 1. The van der Waals surface area contributed by atoms with Crippen LogP contribution < -0.4 is 14.1 Å². The van der Waals surface area contributed by atoms with Gasteiger partial charge in [-0.1, -0.05) is 29.8 Å². The molecular weight excluding hydrogens is 379 g/mol. The second-order valence-corrected chi connectivity index (χ2v) is 7.72. The molecule has 0 bridgehead atoms. The van der Waals surface area contributed by atoms with Gasteiger partial charge in [-0.2, -0.15) is 5.09 Å². The molecule has 1 N–H and O–H groups in total. The van der Waals surface area contributed by atoms with Crippen LogP contribution in [0.25, 0.3) is 0 Å². The summed E-state index contributed by atoms with van der Waals surface area (Å²) in [4.78, 5) is 15.9. The third-order valence-corrected chi connectivity index (χ3v) is 4.74. The molecule has 9 heteroatoms. The lowest BCUT2D eigenvalue weighted by Crippen LogP contribution is -2.36. The maximum absolute atomic E-state index is 13.2. The summed E-state index contributed by atoms with van der Waals surface area (Å²) in [7, 11) is -3.99. The first-order valence-corrected chi connectivity index (χ1v) is 9.82. The molecule has 2 aromatic rings. The van der Waals surface area contributed by atoms with Crippen LogP contribution in [-0.2, 0) is 14.1 Å². The van der Waals surface area contributed by atoms with Crippen molar-refractivity contribution in [3.05, 3.63) is 53.8 Å². The Morgan fingerprint density at radius 3 is 2.38 bits per heavy atom. The number of aromatic nitrogens is 1. The van der Waals surface area contributed by atoms with Crippen LogP contribution in [0.15, 0.2) is 48.8 Å². The Balaban J connectivity index is 2.22. The van der Waals surface area contributed by atoms with Crippen LogP contribution in [0.3, 0.4) is 0 Å². The largest absolute Gasteiger partial charge is 0.513 e. The van der Waals surface area contributed by atoms with Crippen LogP contribution in [0.4, 0.5) is 0 Å². The van der Waals surface area contributed by atoms with Crippen molar-refractivity contribution in [1.29, 1.82) is 0 Å². The molecule has 0 radical (unpaired) electrons. The first-order chi connectivity index (χ1) is 12.3. The Hall–Kier alpha value is -2.08. The van der Waals surface area contributed by atoms with E-state index in [9.17, 15) is 9.36 Å². The SMILES string of the molecule is CC(C)OC(=O)[C@H](C)N[P@@](=O)(Oc1ccccc1)Oc1cncc(Cl)c1. The van der Waals surface area contributed by atoms with E-state index in [2.05, 4.69) is 10.1 Å². The third-order valence-electron chi connectivity index (χ3n) is 2.93. The minimum Gasteiger partial charge on any atom is -0.462 e. The van der Waals surface area contributed by atoms with Gasteiger partial charge in [-0.15, -0.1) is 0 Å². The number of nitrogens with one attached hydrogen (secondary N) is 1. The molecule has 26 heavy (non-hydrogen) atoms. The summed E-state index contributed by atoms with van der Waals surface area (Å²) in [6.45, 7) is 4.95. The number of hydrogen-bond acceptors (Lipinski definition) is 6. The molecule has 0 aliphatic heterocycles. The molecule has 1 heterocycles. The van der Waals surface area contributed by atoms with Crippen molar-refractivity contribution in [2.45, 2.75) is 32.9 Å². The van der Waals surface area contributed by atoms with Crippen molar-refractivity contribution in [2.24, 2.45) is 0 Å². The average molecular weight is 399 g/mol. The number of hydrogen-bond donors (Lipinski definition) is 1. The van der Waals surface area contributed by atoms with Crippen LogP contribution >= 0.6 is 19.3 Å². The van der Waals surface area contributed by atoms with Gasteiger partial charge in [0.1, 0.15) is 11.8 Å². The molecule has 0 spiro atoms. The summed E-state index contributed by atoms with van der Waals surface area (Å²) < 4.78 is 29.3. The molecule has 0 saturated carbocycles. The Morgan fingerprint density at radius 1 is 1.12 bits per heavy atom. The highest BCUT2D eigenvalue weighted by molar-refractivity contribution is 7.52. The van der Waals surface area contributed by atoms with Gasteiger partial charge in [0.15, 0.2) is 5.75 Å². The number of carbonyl (C=O) groups excluding carboxylic acids is 1. The molecule has 1 aromatic heterocycles. The highest BCUT2D eigenvalue weighted by atomic mass is 35.5. The highest BCUT2D eigenvalue weighted by Gasteiger charge is 2.34. The van der Waals surface area contributed by atoms with Crippen molar-refractivity contribution in [2.75, 3.05) is 0 Å². The molecule has 0 aliphatic rings. The summed E-state index contributed by atoms with van der Waals surface area (Å²) in [5, 5.41) is 2.89. The Bertz CT molecular complexity index is 788. The smallest absolute Gasteiger partial charge is 0.462 e. The van der Waals surface area contributed by atoms with Gasteiger partial charge in [0.2, 0.25) is 0 Å². The lowest BCUT2D eigenvalue weighted by molar-refractivity contribution is -0.149. The number of para-hydroxylation sites is 1. The molecule has 2 rings (SSSR count). The highest BCUT2D eigenvalue weighted by Crippen LogP contribution is 2.45. The number of esters is 1. The summed E-state index contributed by atoms with van der Waals surface area (Å²) in [6, 6.07) is 8.97. The minimum atomic E-state index is -3.99. The van der Waals surface area contributed by atoms with E-state index in [1.165, 1.54) is 25.4 Å². The quantitative estimate of drug-likeness (QED) is 0.526. The molecular formula is C17H20ClN2O5P. The Kier molecular flexibility index (Phi) is 7.03. The average Bonchev–Trinajstić information content (AvgIpc) is 2.54.